The molecule has 1 aromatic rings. The average molecular weight is 206 g/mol. The monoisotopic (exact) mass is 206 g/mol. The third kappa shape index (κ3) is 3.74. The molecule has 0 saturated carbocycles. The minimum atomic E-state index is 0.192. The van der Waals surface area contributed by atoms with E-state index in [1.54, 1.807) is 0 Å². The number of hydrogen-bond donors (Lipinski definition) is 0. The molecule has 0 saturated heterocycles. The Kier molecular flexibility index (Phi) is 3.89. The molecule has 1 rings (SSSR count). The van der Waals surface area contributed by atoms with E-state index in [1.165, 1.54) is 11.1 Å². The topological polar surface area (TPSA) is 26.3 Å². The van der Waals surface area contributed by atoms with Gasteiger partial charge in [-0.25, -0.2) is 0 Å². The van der Waals surface area contributed by atoms with E-state index in [4.69, 9.17) is 0 Å². The first kappa shape index (κ1) is 11.8. The van der Waals surface area contributed by atoms with Crippen molar-refractivity contribution in [2.45, 2.75) is 32.6 Å². The molecule has 0 spiro atoms. The molecule has 0 aromatic heterocycles. The van der Waals surface area contributed by atoms with Gasteiger partial charge in [-0.2, -0.15) is 0 Å². The SMILES string of the molecule is CC(C)(C)c1ccc(CCOC=O)cc1. The van der Waals surface area contributed by atoms with Gasteiger partial charge in [0.1, 0.15) is 0 Å². The molecule has 82 valence electrons. The van der Waals surface area contributed by atoms with Gasteiger partial charge in [-0.05, 0) is 16.5 Å². The quantitative estimate of drug-likeness (QED) is 0.559. The molecule has 0 N–H and O–H groups in total. The summed E-state index contributed by atoms with van der Waals surface area (Å²) in [5.41, 5.74) is 2.71. The van der Waals surface area contributed by atoms with Crippen molar-refractivity contribution in [3.8, 4) is 0 Å². The lowest BCUT2D eigenvalue weighted by Crippen LogP contribution is -2.10. The number of ether oxygens (including phenoxy) is 1. The molecule has 15 heavy (non-hydrogen) atoms. The Morgan fingerprint density at radius 2 is 1.80 bits per heavy atom. The Labute approximate surface area is 91.3 Å². The zero-order chi connectivity index (χ0) is 11.3. The van der Waals surface area contributed by atoms with Crippen molar-refractivity contribution >= 4 is 6.47 Å². The molecule has 1 aromatic carbocycles. The Morgan fingerprint density at radius 3 is 2.27 bits per heavy atom. The van der Waals surface area contributed by atoms with Gasteiger partial charge in [0.15, 0.2) is 0 Å². The van der Waals surface area contributed by atoms with Crippen LogP contribution in [0.5, 0.6) is 0 Å². The number of benzene rings is 1. The highest BCUT2D eigenvalue weighted by Gasteiger charge is 2.12. The number of hydrogen-bond acceptors (Lipinski definition) is 2. The van der Waals surface area contributed by atoms with Crippen LogP contribution in [-0.4, -0.2) is 13.1 Å². The first-order valence-electron chi connectivity index (χ1n) is 5.19. The second-order valence-corrected chi connectivity index (χ2v) is 4.66. The van der Waals surface area contributed by atoms with Gasteiger partial charge < -0.3 is 4.74 Å². The van der Waals surface area contributed by atoms with Crippen LogP contribution in [0.4, 0.5) is 0 Å². The largest absolute Gasteiger partial charge is 0.468 e. The molecule has 0 fully saturated rings. The maximum absolute atomic E-state index is 9.96. The van der Waals surface area contributed by atoms with Crippen LogP contribution in [0.25, 0.3) is 0 Å². The minimum absolute atomic E-state index is 0.192. The predicted octanol–water partition coefficient (Wildman–Crippen LogP) is 2.70. The molecule has 0 aliphatic heterocycles. The molecule has 0 radical (unpaired) electrons. The van der Waals surface area contributed by atoms with Crippen LogP contribution in [0, 0.1) is 0 Å². The predicted molar refractivity (Wildman–Crippen MR) is 60.9 cm³/mol. The van der Waals surface area contributed by atoms with Gasteiger partial charge in [-0.15, -0.1) is 0 Å². The van der Waals surface area contributed by atoms with Gasteiger partial charge in [0.05, 0.1) is 6.61 Å². The zero-order valence-corrected chi connectivity index (χ0v) is 9.62. The van der Waals surface area contributed by atoms with Gasteiger partial charge in [-0.1, -0.05) is 45.0 Å². The van der Waals surface area contributed by atoms with E-state index < -0.39 is 0 Å². The molecule has 2 heteroatoms. The number of rotatable bonds is 4. The third-order valence-corrected chi connectivity index (χ3v) is 2.40. The zero-order valence-electron chi connectivity index (χ0n) is 9.62. The molecule has 0 amide bonds. The van der Waals surface area contributed by atoms with Crippen molar-refractivity contribution in [2.75, 3.05) is 6.61 Å². The van der Waals surface area contributed by atoms with Crippen LogP contribution in [0.15, 0.2) is 24.3 Å². The van der Waals surface area contributed by atoms with Gasteiger partial charge >= 0.3 is 0 Å². The van der Waals surface area contributed by atoms with Crippen molar-refractivity contribution in [3.63, 3.8) is 0 Å². The maximum atomic E-state index is 9.96. The van der Waals surface area contributed by atoms with Crippen LogP contribution >= 0.6 is 0 Å². The molecule has 0 unspecified atom stereocenters. The summed E-state index contributed by atoms with van der Waals surface area (Å²) in [5.74, 6) is 0. The summed E-state index contributed by atoms with van der Waals surface area (Å²) in [5, 5.41) is 0. The molecular weight excluding hydrogens is 188 g/mol. The second-order valence-electron chi connectivity index (χ2n) is 4.66. The van der Waals surface area contributed by atoms with Crippen LogP contribution in [0.2, 0.25) is 0 Å². The average Bonchev–Trinajstić information content (AvgIpc) is 2.18. The Hall–Kier alpha value is -1.31. The highest BCUT2D eigenvalue weighted by molar-refractivity contribution is 5.37. The van der Waals surface area contributed by atoms with Crippen molar-refractivity contribution in [1.29, 1.82) is 0 Å². The van der Waals surface area contributed by atoms with Crippen LogP contribution in [0.1, 0.15) is 31.9 Å². The fourth-order valence-electron chi connectivity index (χ4n) is 1.40. The lowest BCUT2D eigenvalue weighted by molar-refractivity contribution is -0.128. The Balaban J connectivity index is 2.60. The normalized spacial score (nSPS) is 11.1. The van der Waals surface area contributed by atoms with E-state index in [0.717, 1.165) is 6.42 Å². The van der Waals surface area contributed by atoms with E-state index in [9.17, 15) is 4.79 Å². The fraction of sp³-hybridized carbons (Fsp3) is 0.462. The minimum Gasteiger partial charge on any atom is -0.468 e. The maximum Gasteiger partial charge on any atom is 0.293 e. The molecule has 0 aliphatic carbocycles. The molecule has 0 atom stereocenters. The molecule has 0 heterocycles. The van der Waals surface area contributed by atoms with Crippen LogP contribution in [-0.2, 0) is 21.4 Å². The van der Waals surface area contributed by atoms with Gasteiger partial charge in [-0.3, -0.25) is 4.79 Å². The summed E-state index contributed by atoms with van der Waals surface area (Å²) in [6.45, 7) is 7.52. The number of carbonyl (C=O) groups is 1. The van der Waals surface area contributed by atoms with Crippen molar-refractivity contribution in [1.82, 2.24) is 0 Å². The van der Waals surface area contributed by atoms with E-state index in [1.807, 2.05) is 0 Å². The summed E-state index contributed by atoms with van der Waals surface area (Å²) in [4.78, 5) is 9.96. The van der Waals surface area contributed by atoms with Gasteiger partial charge in [0.2, 0.25) is 0 Å². The summed E-state index contributed by atoms with van der Waals surface area (Å²) in [6, 6.07) is 8.45. The van der Waals surface area contributed by atoms with Crippen molar-refractivity contribution in [3.05, 3.63) is 35.4 Å². The van der Waals surface area contributed by atoms with E-state index in [2.05, 4.69) is 49.8 Å². The molecule has 2 nitrogen and oxygen atoms in total. The highest BCUT2D eigenvalue weighted by Crippen LogP contribution is 2.22. The lowest BCUT2D eigenvalue weighted by Gasteiger charge is -2.19. The molecule has 0 aliphatic rings. The van der Waals surface area contributed by atoms with Crippen molar-refractivity contribution < 1.29 is 9.53 Å². The Morgan fingerprint density at radius 1 is 1.20 bits per heavy atom. The van der Waals surface area contributed by atoms with Gasteiger partial charge in [0.25, 0.3) is 6.47 Å². The first-order chi connectivity index (χ1) is 7.04. The molecule has 0 bridgehead atoms. The lowest BCUT2D eigenvalue weighted by atomic mass is 9.86. The molecular formula is C13H18O2. The second kappa shape index (κ2) is 4.96. The van der Waals surface area contributed by atoms with Crippen molar-refractivity contribution in [2.24, 2.45) is 0 Å². The van der Waals surface area contributed by atoms with Crippen LogP contribution < -0.4 is 0 Å². The summed E-state index contributed by atoms with van der Waals surface area (Å²) < 4.78 is 4.65. The fourth-order valence-corrected chi connectivity index (χ4v) is 1.40. The van der Waals surface area contributed by atoms with Gasteiger partial charge in [0, 0.05) is 6.42 Å². The Bertz CT molecular complexity index is 306. The highest BCUT2D eigenvalue weighted by atomic mass is 16.5. The summed E-state index contributed by atoms with van der Waals surface area (Å²) in [7, 11) is 0. The van der Waals surface area contributed by atoms with E-state index in [0.29, 0.717) is 13.1 Å². The smallest absolute Gasteiger partial charge is 0.293 e. The van der Waals surface area contributed by atoms with E-state index >= 15 is 0 Å². The third-order valence-electron chi connectivity index (χ3n) is 2.40. The van der Waals surface area contributed by atoms with E-state index in [-0.39, 0.29) is 5.41 Å². The standard InChI is InChI=1S/C13H18O2/c1-13(2,3)12-6-4-11(5-7-12)8-9-15-10-14/h4-7,10H,8-9H2,1-3H3. The number of carbonyl (C=O) groups excluding carboxylic acids is 1. The summed E-state index contributed by atoms with van der Waals surface area (Å²) in [6.07, 6.45) is 0.781. The van der Waals surface area contributed by atoms with Crippen LogP contribution in [0.3, 0.4) is 0 Å². The summed E-state index contributed by atoms with van der Waals surface area (Å²) >= 11 is 0. The first-order valence-corrected chi connectivity index (χ1v) is 5.19.